The summed E-state index contributed by atoms with van der Waals surface area (Å²) in [4.78, 5) is 17.1. The van der Waals surface area contributed by atoms with E-state index in [1.165, 1.54) is 12.1 Å². The van der Waals surface area contributed by atoms with E-state index in [1.54, 1.807) is 24.4 Å². The third-order valence-electron chi connectivity index (χ3n) is 3.47. The summed E-state index contributed by atoms with van der Waals surface area (Å²) in [5.74, 6) is -1.20. The van der Waals surface area contributed by atoms with Crippen molar-refractivity contribution in [3.8, 4) is 0 Å². The van der Waals surface area contributed by atoms with Gasteiger partial charge in [-0.15, -0.1) is 0 Å². The molecule has 0 bridgehead atoms. The molecule has 1 atom stereocenters. The minimum absolute atomic E-state index is 0.250. The summed E-state index contributed by atoms with van der Waals surface area (Å²) in [6.45, 7) is 0. The summed E-state index contributed by atoms with van der Waals surface area (Å²) >= 11 is 0. The largest absolute Gasteiger partial charge is 0.325 e. The second-order valence-corrected chi connectivity index (χ2v) is 5.10. The van der Waals surface area contributed by atoms with Crippen LogP contribution in [0.4, 0.5) is 10.1 Å². The Balaban J connectivity index is 1.94. The fraction of sp³-hybridized carbons (Fsp3) is 0.0526. The molecule has 3 aromatic rings. The molecule has 0 spiro atoms. The van der Waals surface area contributed by atoms with E-state index in [4.69, 9.17) is 0 Å². The number of carbonyl (C=O) groups excluding carboxylic acids is 1. The standard InChI is InChI=1S/C19H15FN2O/c20-15-9-6-10-16(13-15)22-19(23)18(14-7-2-1-3-8-14)17-11-4-5-12-21-17/h1-13,18H,(H,22,23). The van der Waals surface area contributed by atoms with Gasteiger partial charge in [-0.1, -0.05) is 42.5 Å². The number of carbonyl (C=O) groups is 1. The zero-order valence-electron chi connectivity index (χ0n) is 12.3. The van der Waals surface area contributed by atoms with Crippen LogP contribution >= 0.6 is 0 Å². The molecule has 0 radical (unpaired) electrons. The molecule has 0 saturated carbocycles. The molecular formula is C19H15FN2O. The number of rotatable bonds is 4. The first-order valence-corrected chi connectivity index (χ1v) is 7.26. The lowest BCUT2D eigenvalue weighted by atomic mass is 9.94. The predicted octanol–water partition coefficient (Wildman–Crippen LogP) is 3.99. The van der Waals surface area contributed by atoms with Gasteiger partial charge in [-0.3, -0.25) is 9.78 Å². The number of nitrogens with zero attached hydrogens (tertiary/aromatic N) is 1. The van der Waals surface area contributed by atoms with E-state index in [2.05, 4.69) is 10.3 Å². The zero-order chi connectivity index (χ0) is 16.1. The molecule has 1 amide bonds. The van der Waals surface area contributed by atoms with Crippen LogP contribution in [0.2, 0.25) is 0 Å². The monoisotopic (exact) mass is 306 g/mol. The van der Waals surface area contributed by atoms with Gasteiger partial charge in [0.05, 0.1) is 5.69 Å². The number of hydrogen-bond acceptors (Lipinski definition) is 2. The Morgan fingerprint density at radius 2 is 1.74 bits per heavy atom. The van der Waals surface area contributed by atoms with Gasteiger partial charge >= 0.3 is 0 Å². The molecule has 2 aromatic carbocycles. The molecular weight excluding hydrogens is 291 g/mol. The average molecular weight is 306 g/mol. The molecule has 23 heavy (non-hydrogen) atoms. The van der Waals surface area contributed by atoms with Gasteiger partial charge in [0.25, 0.3) is 0 Å². The summed E-state index contributed by atoms with van der Waals surface area (Å²) < 4.78 is 13.3. The molecule has 0 saturated heterocycles. The highest BCUT2D eigenvalue weighted by Gasteiger charge is 2.23. The van der Waals surface area contributed by atoms with Gasteiger partial charge in [0.15, 0.2) is 0 Å². The van der Waals surface area contributed by atoms with Crippen LogP contribution in [0, 0.1) is 5.82 Å². The maximum atomic E-state index is 13.3. The normalized spacial score (nSPS) is 11.7. The minimum Gasteiger partial charge on any atom is -0.325 e. The topological polar surface area (TPSA) is 42.0 Å². The number of nitrogens with one attached hydrogen (secondary N) is 1. The number of anilines is 1. The summed E-state index contributed by atoms with van der Waals surface area (Å²) in [5, 5.41) is 2.76. The molecule has 114 valence electrons. The van der Waals surface area contributed by atoms with E-state index in [0.717, 1.165) is 5.56 Å². The summed E-state index contributed by atoms with van der Waals surface area (Å²) in [5.41, 5.74) is 1.90. The summed E-state index contributed by atoms with van der Waals surface area (Å²) in [6.07, 6.45) is 1.65. The smallest absolute Gasteiger partial charge is 0.237 e. The van der Waals surface area contributed by atoms with Crippen molar-refractivity contribution >= 4 is 11.6 Å². The van der Waals surface area contributed by atoms with E-state index >= 15 is 0 Å². The predicted molar refractivity (Wildman–Crippen MR) is 87.6 cm³/mol. The van der Waals surface area contributed by atoms with Gasteiger partial charge < -0.3 is 5.32 Å². The lowest BCUT2D eigenvalue weighted by Gasteiger charge is -2.17. The Morgan fingerprint density at radius 1 is 0.957 bits per heavy atom. The van der Waals surface area contributed by atoms with Crippen LogP contribution in [-0.4, -0.2) is 10.9 Å². The van der Waals surface area contributed by atoms with E-state index < -0.39 is 11.7 Å². The number of benzene rings is 2. The van der Waals surface area contributed by atoms with Crippen molar-refractivity contribution < 1.29 is 9.18 Å². The molecule has 0 aliphatic heterocycles. The number of halogens is 1. The highest BCUT2D eigenvalue weighted by atomic mass is 19.1. The summed E-state index contributed by atoms with van der Waals surface area (Å²) in [7, 11) is 0. The van der Waals surface area contributed by atoms with Gasteiger partial charge in [-0.05, 0) is 35.9 Å². The second kappa shape index (κ2) is 6.83. The van der Waals surface area contributed by atoms with Crippen LogP contribution in [0.15, 0.2) is 79.0 Å². The van der Waals surface area contributed by atoms with Crippen molar-refractivity contribution in [2.75, 3.05) is 5.32 Å². The Kier molecular flexibility index (Phi) is 4.43. The van der Waals surface area contributed by atoms with Crippen molar-refractivity contribution in [1.82, 2.24) is 4.98 Å². The van der Waals surface area contributed by atoms with Gasteiger partial charge in [0, 0.05) is 11.9 Å². The maximum Gasteiger partial charge on any atom is 0.237 e. The van der Waals surface area contributed by atoms with E-state index in [1.807, 2.05) is 42.5 Å². The van der Waals surface area contributed by atoms with Gasteiger partial charge in [-0.2, -0.15) is 0 Å². The van der Waals surface area contributed by atoms with Crippen molar-refractivity contribution in [2.24, 2.45) is 0 Å². The van der Waals surface area contributed by atoms with E-state index in [0.29, 0.717) is 11.4 Å². The van der Waals surface area contributed by atoms with E-state index in [9.17, 15) is 9.18 Å². The maximum absolute atomic E-state index is 13.3. The lowest BCUT2D eigenvalue weighted by molar-refractivity contribution is -0.116. The fourth-order valence-electron chi connectivity index (χ4n) is 2.43. The number of pyridine rings is 1. The number of aromatic nitrogens is 1. The SMILES string of the molecule is O=C(Nc1cccc(F)c1)C(c1ccccc1)c1ccccn1. The Hall–Kier alpha value is -3.01. The van der Waals surface area contributed by atoms with Crippen LogP contribution in [0.25, 0.3) is 0 Å². The van der Waals surface area contributed by atoms with Gasteiger partial charge in [-0.25, -0.2) is 4.39 Å². The van der Waals surface area contributed by atoms with Crippen LogP contribution in [0.5, 0.6) is 0 Å². The quantitative estimate of drug-likeness (QED) is 0.792. The molecule has 1 N–H and O–H groups in total. The Labute approximate surface area is 133 Å². The Morgan fingerprint density at radius 3 is 2.43 bits per heavy atom. The van der Waals surface area contributed by atoms with Crippen molar-refractivity contribution in [1.29, 1.82) is 0 Å². The number of hydrogen-bond donors (Lipinski definition) is 1. The zero-order valence-corrected chi connectivity index (χ0v) is 12.3. The first-order chi connectivity index (χ1) is 11.2. The molecule has 3 nitrogen and oxygen atoms in total. The first kappa shape index (κ1) is 14.9. The fourth-order valence-corrected chi connectivity index (χ4v) is 2.43. The molecule has 1 unspecified atom stereocenters. The van der Waals surface area contributed by atoms with Crippen molar-refractivity contribution in [3.05, 3.63) is 96.1 Å². The molecule has 0 aliphatic carbocycles. The molecule has 1 heterocycles. The van der Waals surface area contributed by atoms with Crippen LogP contribution in [0.1, 0.15) is 17.2 Å². The highest BCUT2D eigenvalue weighted by molar-refractivity contribution is 5.97. The van der Waals surface area contributed by atoms with Crippen molar-refractivity contribution in [3.63, 3.8) is 0 Å². The first-order valence-electron chi connectivity index (χ1n) is 7.26. The molecule has 3 rings (SSSR count). The minimum atomic E-state index is -0.555. The third-order valence-corrected chi connectivity index (χ3v) is 3.47. The molecule has 0 fully saturated rings. The Bertz CT molecular complexity index is 751. The lowest BCUT2D eigenvalue weighted by Crippen LogP contribution is -2.23. The van der Waals surface area contributed by atoms with Crippen molar-refractivity contribution in [2.45, 2.75) is 5.92 Å². The number of amides is 1. The third kappa shape index (κ3) is 3.61. The summed E-state index contributed by atoms with van der Waals surface area (Å²) in [6, 6.07) is 20.7. The van der Waals surface area contributed by atoms with Crippen LogP contribution in [0.3, 0.4) is 0 Å². The van der Waals surface area contributed by atoms with E-state index in [-0.39, 0.29) is 5.91 Å². The van der Waals surface area contributed by atoms with Gasteiger partial charge in [0.1, 0.15) is 11.7 Å². The molecule has 0 aliphatic rings. The van der Waals surface area contributed by atoms with Gasteiger partial charge in [0.2, 0.25) is 5.91 Å². The second-order valence-electron chi connectivity index (χ2n) is 5.10. The molecule has 4 heteroatoms. The average Bonchev–Trinajstić information content (AvgIpc) is 2.57. The van der Waals surface area contributed by atoms with Crippen LogP contribution in [-0.2, 0) is 4.79 Å². The molecule has 1 aromatic heterocycles. The van der Waals surface area contributed by atoms with Crippen LogP contribution < -0.4 is 5.32 Å². The highest BCUT2D eigenvalue weighted by Crippen LogP contribution is 2.24.